The summed E-state index contributed by atoms with van der Waals surface area (Å²) in [6, 6.07) is 12.5. The molecule has 4 rings (SSSR count). The summed E-state index contributed by atoms with van der Waals surface area (Å²) in [4.78, 5) is 40.3. The first kappa shape index (κ1) is 18.8. The second-order valence-electron chi connectivity index (χ2n) is 7.13. The topological polar surface area (TPSA) is 95.5 Å². The molecule has 1 aromatic heterocycles. The summed E-state index contributed by atoms with van der Waals surface area (Å²) in [5.74, 6) is -0.602. The van der Waals surface area contributed by atoms with E-state index in [0.717, 1.165) is 16.9 Å². The van der Waals surface area contributed by atoms with Gasteiger partial charge in [-0.15, -0.1) is 10.2 Å². The van der Waals surface area contributed by atoms with Crippen molar-refractivity contribution in [2.45, 2.75) is 25.8 Å². The summed E-state index contributed by atoms with van der Waals surface area (Å²) in [7, 11) is 1.47. The number of nitrogens with one attached hydrogen (secondary N) is 1. The number of amides is 3. The van der Waals surface area contributed by atoms with E-state index in [4.69, 9.17) is 0 Å². The van der Waals surface area contributed by atoms with Crippen molar-refractivity contribution in [3.05, 3.63) is 53.7 Å². The first-order valence-electron chi connectivity index (χ1n) is 9.49. The van der Waals surface area contributed by atoms with E-state index in [1.165, 1.54) is 7.05 Å². The number of benzene rings is 1. The number of likely N-dealkylation sites (N-methyl/N-ethyl adjacent to an activating group) is 1. The fraction of sp³-hybridized carbons (Fsp3) is 0.286. The summed E-state index contributed by atoms with van der Waals surface area (Å²) in [6.45, 7) is 2.26. The van der Waals surface area contributed by atoms with Crippen molar-refractivity contribution in [2.24, 2.45) is 0 Å². The van der Waals surface area contributed by atoms with Crippen LogP contribution in [0.25, 0.3) is 11.3 Å². The molecule has 0 saturated heterocycles. The molecule has 0 unspecified atom stereocenters. The lowest BCUT2D eigenvalue weighted by Crippen LogP contribution is -2.45. The molecule has 1 aromatic carbocycles. The van der Waals surface area contributed by atoms with Crippen LogP contribution < -0.4 is 5.32 Å². The molecule has 1 atom stereocenters. The Morgan fingerprint density at radius 3 is 2.52 bits per heavy atom. The van der Waals surface area contributed by atoms with E-state index < -0.39 is 6.04 Å². The molecule has 3 amide bonds. The molecule has 8 nitrogen and oxygen atoms in total. The summed E-state index contributed by atoms with van der Waals surface area (Å²) < 4.78 is 0. The van der Waals surface area contributed by atoms with Crippen LogP contribution >= 0.6 is 0 Å². The van der Waals surface area contributed by atoms with Crippen LogP contribution in [0.2, 0.25) is 0 Å². The van der Waals surface area contributed by atoms with Crippen LogP contribution in [0.15, 0.2) is 53.7 Å². The number of rotatable bonds is 4. The van der Waals surface area contributed by atoms with Gasteiger partial charge in [0.05, 0.1) is 5.69 Å². The predicted octanol–water partition coefficient (Wildman–Crippen LogP) is 1.82. The van der Waals surface area contributed by atoms with Gasteiger partial charge in [-0.25, -0.2) is 0 Å². The van der Waals surface area contributed by atoms with Crippen molar-refractivity contribution in [3.8, 4) is 11.3 Å². The number of anilines is 1. The third-order valence-electron chi connectivity index (χ3n) is 5.30. The number of carbonyl (C=O) groups is 3. The van der Waals surface area contributed by atoms with Crippen LogP contribution in [0, 0.1) is 0 Å². The smallest absolute Gasteiger partial charge is 0.277 e. The van der Waals surface area contributed by atoms with Gasteiger partial charge >= 0.3 is 0 Å². The molecule has 3 heterocycles. The fourth-order valence-corrected chi connectivity index (χ4v) is 3.66. The molecule has 0 saturated carbocycles. The van der Waals surface area contributed by atoms with Crippen LogP contribution in [0.3, 0.4) is 0 Å². The third kappa shape index (κ3) is 3.37. The Morgan fingerprint density at radius 2 is 1.83 bits per heavy atom. The predicted molar refractivity (Wildman–Crippen MR) is 106 cm³/mol. The van der Waals surface area contributed by atoms with E-state index >= 15 is 0 Å². The minimum Gasteiger partial charge on any atom is -0.355 e. The van der Waals surface area contributed by atoms with Crippen LogP contribution in [0.5, 0.6) is 0 Å². The average molecular weight is 391 g/mol. The number of hydrogen-bond acceptors (Lipinski definition) is 6. The zero-order valence-electron chi connectivity index (χ0n) is 16.3. The van der Waals surface area contributed by atoms with Crippen molar-refractivity contribution in [1.82, 2.24) is 20.0 Å². The number of hydrogen-bond donors (Lipinski definition) is 1. The Hall–Kier alpha value is -3.55. The highest BCUT2D eigenvalue weighted by Gasteiger charge is 2.42. The number of carbonyl (C=O) groups excluding carboxylic acids is 3. The molecule has 148 valence electrons. The van der Waals surface area contributed by atoms with Gasteiger partial charge in [0, 0.05) is 24.7 Å². The maximum atomic E-state index is 12.8. The lowest BCUT2D eigenvalue weighted by molar-refractivity contribution is -0.136. The SMILES string of the molecule is C[C@@H](C(=O)Nc1ccc(-c2ccccc2)nn1)N1CCCC2=C1C(=O)N(C)C2=O. The Bertz CT molecular complexity index is 1000. The van der Waals surface area contributed by atoms with Crippen LogP contribution in [0.4, 0.5) is 5.82 Å². The van der Waals surface area contributed by atoms with Gasteiger partial charge in [0.25, 0.3) is 11.8 Å². The number of nitrogens with zero attached hydrogens (tertiary/aromatic N) is 4. The molecule has 0 spiro atoms. The molecule has 1 N–H and O–H groups in total. The van der Waals surface area contributed by atoms with E-state index in [2.05, 4.69) is 15.5 Å². The van der Waals surface area contributed by atoms with E-state index in [1.54, 1.807) is 24.0 Å². The van der Waals surface area contributed by atoms with Gasteiger partial charge in [-0.3, -0.25) is 19.3 Å². The van der Waals surface area contributed by atoms with Gasteiger partial charge in [0.1, 0.15) is 11.7 Å². The van der Waals surface area contributed by atoms with E-state index in [0.29, 0.717) is 35.7 Å². The molecule has 29 heavy (non-hydrogen) atoms. The quantitative estimate of drug-likeness (QED) is 0.799. The van der Waals surface area contributed by atoms with Gasteiger partial charge in [0.15, 0.2) is 5.82 Å². The normalized spacial score (nSPS) is 17.4. The maximum absolute atomic E-state index is 12.8. The highest BCUT2D eigenvalue weighted by molar-refractivity contribution is 6.19. The molecule has 0 radical (unpaired) electrons. The summed E-state index contributed by atoms with van der Waals surface area (Å²) in [5.41, 5.74) is 2.49. The molecular formula is C21H21N5O3. The summed E-state index contributed by atoms with van der Waals surface area (Å²) in [5, 5.41) is 11.0. The first-order valence-corrected chi connectivity index (χ1v) is 9.49. The minimum atomic E-state index is -0.626. The lowest BCUT2D eigenvalue weighted by Gasteiger charge is -2.33. The highest BCUT2D eigenvalue weighted by atomic mass is 16.2. The molecule has 0 fully saturated rings. The highest BCUT2D eigenvalue weighted by Crippen LogP contribution is 2.32. The van der Waals surface area contributed by atoms with Gasteiger partial charge in [-0.05, 0) is 31.9 Å². The van der Waals surface area contributed by atoms with Gasteiger partial charge in [-0.2, -0.15) is 0 Å². The molecular weight excluding hydrogens is 370 g/mol. The third-order valence-corrected chi connectivity index (χ3v) is 5.30. The second-order valence-corrected chi connectivity index (χ2v) is 7.13. The van der Waals surface area contributed by atoms with Crippen LogP contribution in [0.1, 0.15) is 19.8 Å². The molecule has 0 aliphatic carbocycles. The van der Waals surface area contributed by atoms with E-state index in [9.17, 15) is 14.4 Å². The van der Waals surface area contributed by atoms with Crippen molar-refractivity contribution in [2.75, 3.05) is 18.9 Å². The summed E-state index contributed by atoms with van der Waals surface area (Å²) >= 11 is 0. The van der Waals surface area contributed by atoms with Gasteiger partial charge in [-0.1, -0.05) is 30.3 Å². The molecule has 0 bridgehead atoms. The van der Waals surface area contributed by atoms with Crippen LogP contribution in [-0.2, 0) is 14.4 Å². The number of imide groups is 1. The number of aromatic nitrogens is 2. The Kier molecular flexibility index (Phi) is 4.84. The van der Waals surface area contributed by atoms with Gasteiger partial charge < -0.3 is 10.2 Å². The Labute approximate surface area is 168 Å². The van der Waals surface area contributed by atoms with Crippen molar-refractivity contribution in [3.63, 3.8) is 0 Å². The van der Waals surface area contributed by atoms with Crippen molar-refractivity contribution >= 4 is 23.5 Å². The van der Waals surface area contributed by atoms with E-state index in [-0.39, 0.29) is 17.7 Å². The minimum absolute atomic E-state index is 0.273. The lowest BCUT2D eigenvalue weighted by atomic mass is 10.0. The average Bonchev–Trinajstić information content (AvgIpc) is 2.98. The molecule has 2 aliphatic rings. The molecule has 2 aliphatic heterocycles. The van der Waals surface area contributed by atoms with Crippen molar-refractivity contribution < 1.29 is 14.4 Å². The molecule has 2 aromatic rings. The zero-order valence-corrected chi connectivity index (χ0v) is 16.3. The standard InChI is InChI=1S/C21H21N5O3/c1-13(26-12-6-9-15-18(26)21(29)25(2)20(15)28)19(27)22-17-11-10-16(23-24-17)14-7-4-3-5-8-14/h3-5,7-8,10-11,13H,6,9,12H2,1-2H3,(H,22,24,27)/t13-/m0/s1. The largest absolute Gasteiger partial charge is 0.355 e. The molecule has 8 heteroatoms. The Balaban J connectivity index is 1.49. The van der Waals surface area contributed by atoms with Gasteiger partial charge in [0.2, 0.25) is 5.91 Å². The first-order chi connectivity index (χ1) is 14.0. The monoisotopic (exact) mass is 391 g/mol. The summed E-state index contributed by atoms with van der Waals surface area (Å²) in [6.07, 6.45) is 1.27. The maximum Gasteiger partial charge on any atom is 0.277 e. The fourth-order valence-electron chi connectivity index (χ4n) is 3.66. The zero-order chi connectivity index (χ0) is 20.5. The Morgan fingerprint density at radius 1 is 1.07 bits per heavy atom. The van der Waals surface area contributed by atoms with Crippen LogP contribution in [-0.4, -0.2) is 57.4 Å². The van der Waals surface area contributed by atoms with Crippen molar-refractivity contribution in [1.29, 1.82) is 0 Å². The second kappa shape index (κ2) is 7.46. The van der Waals surface area contributed by atoms with E-state index in [1.807, 2.05) is 30.3 Å².